The molecule has 1 N–H and O–H groups in total. The van der Waals surface area contributed by atoms with Gasteiger partial charge in [0.25, 0.3) is 0 Å². The van der Waals surface area contributed by atoms with Crippen LogP contribution in [0.25, 0.3) is 0 Å². The number of benzene rings is 1. The quantitative estimate of drug-likeness (QED) is 0.911. The van der Waals surface area contributed by atoms with Gasteiger partial charge in [0.15, 0.2) is 5.78 Å². The first-order chi connectivity index (χ1) is 9.84. The van der Waals surface area contributed by atoms with Gasteiger partial charge >= 0.3 is 0 Å². The van der Waals surface area contributed by atoms with Gasteiger partial charge in [0.2, 0.25) is 0 Å². The maximum absolute atomic E-state index is 11.8. The molecule has 2 rings (SSSR count). The minimum Gasteiger partial charge on any atom is -0.495 e. The Kier molecular flexibility index (Phi) is 4.47. The van der Waals surface area contributed by atoms with Crippen molar-refractivity contribution in [1.29, 1.82) is 0 Å². The zero-order valence-corrected chi connectivity index (χ0v) is 13.5. The van der Waals surface area contributed by atoms with E-state index in [1.54, 1.807) is 32.4 Å². The second-order valence-electron chi connectivity index (χ2n) is 5.97. The Morgan fingerprint density at radius 1 is 1.14 bits per heavy atom. The molecule has 0 spiro atoms. The number of hydrogen-bond acceptors (Lipinski definition) is 4. The molecule has 0 radical (unpaired) electrons. The van der Waals surface area contributed by atoms with Crippen LogP contribution in [0.15, 0.2) is 23.9 Å². The first kappa shape index (κ1) is 15.7. The number of halogens is 1. The summed E-state index contributed by atoms with van der Waals surface area (Å²) in [4.78, 5) is 11.8. The van der Waals surface area contributed by atoms with Crippen molar-refractivity contribution < 1.29 is 14.3 Å². The van der Waals surface area contributed by atoms with Crippen molar-refractivity contribution in [2.75, 3.05) is 19.5 Å². The molecule has 5 heteroatoms. The maximum atomic E-state index is 11.8. The summed E-state index contributed by atoms with van der Waals surface area (Å²) in [5.74, 6) is 1.30. The van der Waals surface area contributed by atoms with Gasteiger partial charge in [-0.15, -0.1) is 0 Å². The molecule has 0 saturated heterocycles. The first-order valence-corrected chi connectivity index (χ1v) is 7.14. The Hall–Kier alpha value is -1.68. The van der Waals surface area contributed by atoms with E-state index < -0.39 is 0 Å². The third-order valence-electron chi connectivity index (χ3n) is 3.43. The van der Waals surface area contributed by atoms with Crippen molar-refractivity contribution in [2.45, 2.75) is 26.7 Å². The molecule has 0 aliphatic heterocycles. The average Bonchev–Trinajstić information content (AvgIpc) is 2.37. The Balaban J connectivity index is 2.32. The van der Waals surface area contributed by atoms with Crippen LogP contribution in [0.3, 0.4) is 0 Å². The van der Waals surface area contributed by atoms with Crippen LogP contribution < -0.4 is 14.8 Å². The molecule has 0 unspecified atom stereocenters. The predicted molar refractivity (Wildman–Crippen MR) is 84.3 cm³/mol. The lowest BCUT2D eigenvalue weighted by Crippen LogP contribution is -2.24. The van der Waals surface area contributed by atoms with Crippen molar-refractivity contribution in [3.05, 3.63) is 28.9 Å². The molecule has 4 nitrogen and oxygen atoms in total. The topological polar surface area (TPSA) is 47.6 Å². The number of ether oxygens (including phenoxy) is 2. The number of carbonyl (C=O) groups excluding carboxylic acids is 1. The summed E-state index contributed by atoms with van der Waals surface area (Å²) in [6.45, 7) is 4.17. The molecule has 1 aliphatic carbocycles. The Morgan fingerprint density at radius 2 is 1.81 bits per heavy atom. The molecular weight excluding hydrogens is 290 g/mol. The van der Waals surface area contributed by atoms with E-state index in [2.05, 4.69) is 19.2 Å². The molecule has 1 aromatic rings. The molecule has 1 aliphatic rings. The highest BCUT2D eigenvalue weighted by Crippen LogP contribution is 2.39. The second kappa shape index (κ2) is 5.98. The summed E-state index contributed by atoms with van der Waals surface area (Å²) in [6.07, 6.45) is 3.03. The van der Waals surface area contributed by atoms with Gasteiger partial charge in [0.1, 0.15) is 11.5 Å². The summed E-state index contributed by atoms with van der Waals surface area (Å²) in [7, 11) is 3.14. The summed E-state index contributed by atoms with van der Waals surface area (Å²) < 4.78 is 10.6. The molecule has 0 fully saturated rings. The van der Waals surface area contributed by atoms with Crippen molar-refractivity contribution in [1.82, 2.24) is 0 Å². The summed E-state index contributed by atoms with van der Waals surface area (Å²) >= 11 is 6.09. The minimum atomic E-state index is -0.0437. The van der Waals surface area contributed by atoms with Gasteiger partial charge in [-0.25, -0.2) is 0 Å². The standard InChI is InChI=1S/C16H20ClNO3/c1-16(2)8-10(5-11(19)9-16)18-13-7-14(20-3)12(17)6-15(13)21-4/h5-7,18H,8-9H2,1-4H3. The van der Waals surface area contributed by atoms with Crippen molar-refractivity contribution in [3.63, 3.8) is 0 Å². The van der Waals surface area contributed by atoms with Crippen LogP contribution in [-0.2, 0) is 4.79 Å². The third-order valence-corrected chi connectivity index (χ3v) is 3.72. The number of carbonyl (C=O) groups is 1. The van der Waals surface area contributed by atoms with Crippen LogP contribution in [0.4, 0.5) is 5.69 Å². The van der Waals surface area contributed by atoms with E-state index in [-0.39, 0.29) is 11.2 Å². The third kappa shape index (κ3) is 3.70. The molecule has 0 amide bonds. The Labute approximate surface area is 130 Å². The van der Waals surface area contributed by atoms with Gasteiger partial charge in [-0.2, -0.15) is 0 Å². The highest BCUT2D eigenvalue weighted by atomic mass is 35.5. The number of nitrogens with one attached hydrogen (secondary N) is 1. The zero-order valence-electron chi connectivity index (χ0n) is 12.7. The van der Waals surface area contributed by atoms with E-state index in [0.717, 1.165) is 17.8 Å². The number of hydrogen-bond donors (Lipinski definition) is 1. The van der Waals surface area contributed by atoms with E-state index in [1.807, 2.05) is 0 Å². The molecule has 0 bridgehead atoms. The minimum absolute atomic E-state index is 0.0437. The summed E-state index contributed by atoms with van der Waals surface area (Å²) in [5.41, 5.74) is 1.56. The smallest absolute Gasteiger partial charge is 0.157 e. The van der Waals surface area contributed by atoms with Crippen LogP contribution in [0.1, 0.15) is 26.7 Å². The first-order valence-electron chi connectivity index (χ1n) is 6.76. The van der Waals surface area contributed by atoms with Crippen LogP contribution in [0.5, 0.6) is 11.5 Å². The normalized spacial score (nSPS) is 17.2. The second-order valence-corrected chi connectivity index (χ2v) is 6.37. The Bertz CT molecular complexity index is 593. The van der Waals surface area contributed by atoms with Gasteiger partial charge < -0.3 is 14.8 Å². The lowest BCUT2D eigenvalue weighted by molar-refractivity contribution is -0.117. The fourth-order valence-corrected chi connectivity index (χ4v) is 2.79. The van der Waals surface area contributed by atoms with Gasteiger partial charge in [-0.1, -0.05) is 25.4 Å². The average molecular weight is 310 g/mol. The molecule has 21 heavy (non-hydrogen) atoms. The van der Waals surface area contributed by atoms with Crippen LogP contribution in [0.2, 0.25) is 5.02 Å². The van der Waals surface area contributed by atoms with Crippen molar-refractivity contribution in [3.8, 4) is 11.5 Å². The van der Waals surface area contributed by atoms with E-state index in [1.165, 1.54) is 0 Å². The van der Waals surface area contributed by atoms with Gasteiger partial charge in [-0.05, 0) is 11.8 Å². The van der Waals surface area contributed by atoms with Crippen LogP contribution in [-0.4, -0.2) is 20.0 Å². The predicted octanol–water partition coefficient (Wildman–Crippen LogP) is 4.04. The zero-order chi connectivity index (χ0) is 15.6. The molecule has 0 atom stereocenters. The number of anilines is 1. The summed E-state index contributed by atoms with van der Waals surface area (Å²) in [6, 6.07) is 3.47. The number of ketones is 1. The van der Waals surface area contributed by atoms with E-state index >= 15 is 0 Å². The SMILES string of the molecule is COc1cc(NC2=CC(=O)CC(C)(C)C2)c(OC)cc1Cl. The number of rotatable bonds is 4. The van der Waals surface area contributed by atoms with Gasteiger partial charge in [0.05, 0.1) is 24.9 Å². The largest absolute Gasteiger partial charge is 0.495 e. The van der Waals surface area contributed by atoms with Gasteiger partial charge in [-0.3, -0.25) is 4.79 Å². The van der Waals surface area contributed by atoms with Crippen LogP contribution in [0, 0.1) is 5.41 Å². The van der Waals surface area contributed by atoms with Crippen molar-refractivity contribution >= 4 is 23.1 Å². The maximum Gasteiger partial charge on any atom is 0.157 e. The monoisotopic (exact) mass is 309 g/mol. The van der Waals surface area contributed by atoms with E-state index in [9.17, 15) is 4.79 Å². The lowest BCUT2D eigenvalue weighted by Gasteiger charge is -2.29. The highest BCUT2D eigenvalue weighted by Gasteiger charge is 2.28. The molecule has 0 aromatic heterocycles. The van der Waals surface area contributed by atoms with Crippen molar-refractivity contribution in [2.24, 2.45) is 5.41 Å². The molecule has 114 valence electrons. The van der Waals surface area contributed by atoms with Crippen LogP contribution >= 0.6 is 11.6 Å². The lowest BCUT2D eigenvalue weighted by atomic mass is 9.79. The fourth-order valence-electron chi connectivity index (χ4n) is 2.56. The molecule has 1 aromatic carbocycles. The summed E-state index contributed by atoms with van der Waals surface area (Å²) in [5, 5.41) is 3.75. The Morgan fingerprint density at radius 3 is 2.38 bits per heavy atom. The molecule has 0 saturated carbocycles. The number of methoxy groups -OCH3 is 2. The van der Waals surface area contributed by atoms with E-state index in [4.69, 9.17) is 21.1 Å². The molecule has 0 heterocycles. The molecular formula is C16H20ClNO3. The van der Waals surface area contributed by atoms with Gasteiger partial charge in [0, 0.05) is 30.3 Å². The number of allylic oxidation sites excluding steroid dienone is 2. The highest BCUT2D eigenvalue weighted by molar-refractivity contribution is 6.32. The van der Waals surface area contributed by atoms with E-state index in [0.29, 0.717) is 22.9 Å². The fraction of sp³-hybridized carbons (Fsp3) is 0.438.